The summed E-state index contributed by atoms with van der Waals surface area (Å²) < 4.78 is 20.9. The molecular weight excluding hydrogens is 256 g/mol. The molecule has 0 bridgehead atoms. The first kappa shape index (κ1) is 18.8. The van der Waals surface area contributed by atoms with Crippen molar-refractivity contribution in [2.45, 2.75) is 40.4 Å². The Bertz CT molecular complexity index is 127. The fourth-order valence-corrected chi connectivity index (χ4v) is 1.66. The van der Waals surface area contributed by atoms with E-state index in [-0.39, 0.29) is 0 Å². The number of hydrogen-bond donors (Lipinski definition) is 0. The highest BCUT2D eigenvalue weighted by molar-refractivity contribution is 6.72. The van der Waals surface area contributed by atoms with Gasteiger partial charge in [0.2, 0.25) is 0 Å². The van der Waals surface area contributed by atoms with Crippen LogP contribution >= 0.6 is 0 Å². The lowest BCUT2D eigenvalue weighted by Gasteiger charge is -2.12. The van der Waals surface area contributed by atoms with E-state index in [0.29, 0.717) is 19.8 Å². The fourth-order valence-electron chi connectivity index (χ4n) is 0.553. The maximum atomic E-state index is 5.22. The van der Waals surface area contributed by atoms with Crippen LogP contribution in [-0.2, 0) is 17.4 Å². The smallest absolute Gasteiger partial charge is 0.464 e. The minimum atomic E-state index is -1.73. The van der Waals surface area contributed by atoms with Gasteiger partial charge in [0.25, 0.3) is 0 Å². The highest BCUT2D eigenvalue weighted by atomic mass is 28.4. The largest absolute Gasteiger partial charge is 0.484 e. The van der Waals surface area contributed by atoms with E-state index in [1.165, 1.54) is 0 Å². The quantitative estimate of drug-likeness (QED) is 0.652. The standard InChI is InChI=1S/C6H16O3Si.C3H12OSi2/c1-4-7-10(8-5-2)9-6-3;1-6(2,3)4-5/h10H,4-6H2,1-3H3;1-3,5H3. The summed E-state index contributed by atoms with van der Waals surface area (Å²) in [6, 6.07) is 0. The van der Waals surface area contributed by atoms with Gasteiger partial charge >= 0.3 is 9.53 Å². The van der Waals surface area contributed by atoms with Crippen molar-refractivity contribution >= 4 is 28.3 Å². The number of rotatable bonds is 7. The molecule has 0 aliphatic heterocycles. The topological polar surface area (TPSA) is 36.9 Å². The molecule has 0 N–H and O–H groups in total. The minimum absolute atomic E-state index is 0.677. The van der Waals surface area contributed by atoms with Crippen LogP contribution in [-0.4, -0.2) is 48.2 Å². The van der Waals surface area contributed by atoms with Gasteiger partial charge in [-0.05, 0) is 40.4 Å². The van der Waals surface area contributed by atoms with E-state index in [9.17, 15) is 0 Å². The molecule has 0 aliphatic rings. The predicted molar refractivity (Wildman–Crippen MR) is 76.4 cm³/mol. The summed E-state index contributed by atoms with van der Waals surface area (Å²) in [5, 5.41) is 0. The molecule has 4 nitrogen and oxygen atoms in total. The van der Waals surface area contributed by atoms with Gasteiger partial charge in [-0.3, -0.25) is 0 Å². The lowest BCUT2D eigenvalue weighted by molar-refractivity contribution is 0.107. The third-order valence-electron chi connectivity index (χ3n) is 1.52. The van der Waals surface area contributed by atoms with Crippen LogP contribution in [0.2, 0.25) is 19.6 Å². The van der Waals surface area contributed by atoms with Gasteiger partial charge in [0.15, 0.2) is 8.32 Å². The lowest BCUT2D eigenvalue weighted by atomic mass is 10.9. The van der Waals surface area contributed by atoms with Crippen molar-refractivity contribution in [1.82, 2.24) is 0 Å². The van der Waals surface area contributed by atoms with Gasteiger partial charge in [-0.2, -0.15) is 0 Å². The van der Waals surface area contributed by atoms with Crippen LogP contribution in [0.4, 0.5) is 0 Å². The van der Waals surface area contributed by atoms with Crippen molar-refractivity contribution in [3.05, 3.63) is 0 Å². The molecule has 0 amide bonds. The highest BCUT2D eigenvalue weighted by Gasteiger charge is 2.11. The van der Waals surface area contributed by atoms with Crippen molar-refractivity contribution in [1.29, 1.82) is 0 Å². The Morgan fingerprint density at radius 3 is 1.25 bits per heavy atom. The van der Waals surface area contributed by atoms with Crippen molar-refractivity contribution in [3.63, 3.8) is 0 Å². The van der Waals surface area contributed by atoms with E-state index in [0.717, 1.165) is 10.5 Å². The molecule has 0 aromatic carbocycles. The first-order valence-corrected chi connectivity index (χ1v) is 11.4. The summed E-state index contributed by atoms with van der Waals surface area (Å²) in [4.78, 5) is 0. The van der Waals surface area contributed by atoms with Gasteiger partial charge in [-0.15, -0.1) is 0 Å². The minimum Gasteiger partial charge on any atom is -0.464 e. The Balaban J connectivity index is 0. The van der Waals surface area contributed by atoms with Crippen molar-refractivity contribution in [2.75, 3.05) is 19.8 Å². The molecule has 0 spiro atoms. The molecule has 0 aromatic rings. The second-order valence-electron chi connectivity index (χ2n) is 3.97. The van der Waals surface area contributed by atoms with Gasteiger partial charge in [0.05, 0.1) is 0 Å². The summed E-state index contributed by atoms with van der Waals surface area (Å²) >= 11 is 0. The molecular formula is C9H28O4Si3. The molecule has 0 saturated carbocycles. The Morgan fingerprint density at radius 2 is 1.12 bits per heavy atom. The zero-order chi connectivity index (χ0) is 13.0. The van der Waals surface area contributed by atoms with Gasteiger partial charge in [0.1, 0.15) is 10.5 Å². The fraction of sp³-hybridized carbons (Fsp3) is 1.00. The molecule has 0 heterocycles. The van der Waals surface area contributed by atoms with Crippen LogP contribution in [0.1, 0.15) is 20.8 Å². The zero-order valence-electron chi connectivity index (χ0n) is 11.8. The Morgan fingerprint density at radius 1 is 0.875 bits per heavy atom. The average molecular weight is 285 g/mol. The molecule has 7 heteroatoms. The van der Waals surface area contributed by atoms with E-state index in [4.69, 9.17) is 17.4 Å². The van der Waals surface area contributed by atoms with Crippen molar-refractivity contribution in [2.24, 2.45) is 0 Å². The molecule has 0 radical (unpaired) electrons. The highest BCUT2D eigenvalue weighted by Crippen LogP contribution is 1.96. The molecule has 0 aromatic heterocycles. The van der Waals surface area contributed by atoms with Crippen LogP contribution in [0.3, 0.4) is 0 Å². The molecule has 16 heavy (non-hydrogen) atoms. The van der Waals surface area contributed by atoms with Crippen LogP contribution in [0, 0.1) is 0 Å². The second-order valence-corrected chi connectivity index (χ2v) is 11.4. The first-order valence-electron chi connectivity index (χ1n) is 5.81. The maximum Gasteiger partial charge on any atom is 0.484 e. The van der Waals surface area contributed by atoms with E-state index in [1.54, 1.807) is 0 Å². The van der Waals surface area contributed by atoms with Gasteiger partial charge in [-0.25, -0.2) is 0 Å². The Kier molecular flexibility index (Phi) is 14.1. The summed E-state index contributed by atoms with van der Waals surface area (Å²) in [5.74, 6) is 0. The third-order valence-corrected chi connectivity index (χ3v) is 8.24. The van der Waals surface area contributed by atoms with Crippen LogP contribution in [0.5, 0.6) is 0 Å². The van der Waals surface area contributed by atoms with E-state index in [2.05, 4.69) is 19.6 Å². The van der Waals surface area contributed by atoms with E-state index >= 15 is 0 Å². The summed E-state index contributed by atoms with van der Waals surface area (Å²) in [7, 11) is -1.89. The Hall–Kier alpha value is 0.491. The maximum absolute atomic E-state index is 5.22. The van der Waals surface area contributed by atoms with E-state index in [1.807, 2.05) is 20.8 Å². The zero-order valence-corrected chi connectivity index (χ0v) is 16.0. The third kappa shape index (κ3) is 16.9. The molecule has 0 atom stereocenters. The van der Waals surface area contributed by atoms with Crippen LogP contribution in [0.25, 0.3) is 0 Å². The molecule has 0 unspecified atom stereocenters. The molecule has 0 fully saturated rings. The molecule has 0 saturated heterocycles. The molecule has 100 valence electrons. The lowest BCUT2D eigenvalue weighted by Crippen LogP contribution is -2.27. The normalized spacial score (nSPS) is 11.4. The van der Waals surface area contributed by atoms with Gasteiger partial charge in [-0.1, -0.05) is 0 Å². The van der Waals surface area contributed by atoms with Gasteiger partial charge < -0.3 is 17.4 Å². The number of hydrogen-bond acceptors (Lipinski definition) is 4. The van der Waals surface area contributed by atoms with Crippen molar-refractivity contribution in [3.8, 4) is 0 Å². The SMILES string of the molecule is CCO[SiH](OCC)OCC.C[Si](C)(C)O[SiH3]. The predicted octanol–water partition coefficient (Wildman–Crippen LogP) is 0.931. The summed E-state index contributed by atoms with van der Waals surface area (Å²) in [6.45, 7) is 14.4. The summed E-state index contributed by atoms with van der Waals surface area (Å²) in [6.07, 6.45) is 0. The molecule has 0 aliphatic carbocycles. The van der Waals surface area contributed by atoms with E-state index < -0.39 is 17.8 Å². The van der Waals surface area contributed by atoms with Gasteiger partial charge in [0, 0.05) is 19.8 Å². The first-order chi connectivity index (χ1) is 7.41. The average Bonchev–Trinajstić information content (AvgIpc) is 2.19. The van der Waals surface area contributed by atoms with Crippen LogP contribution in [0.15, 0.2) is 0 Å². The molecule has 0 rings (SSSR count). The summed E-state index contributed by atoms with van der Waals surface area (Å²) in [5.41, 5.74) is 0. The Labute approximate surface area is 106 Å². The van der Waals surface area contributed by atoms with Crippen molar-refractivity contribution < 1.29 is 17.4 Å². The van der Waals surface area contributed by atoms with Crippen LogP contribution < -0.4 is 0 Å². The second kappa shape index (κ2) is 12.0. The monoisotopic (exact) mass is 284 g/mol.